The third-order valence-electron chi connectivity index (χ3n) is 3.90. The van der Waals surface area contributed by atoms with Crippen LogP contribution in [0.15, 0.2) is 24.3 Å². The van der Waals surface area contributed by atoms with E-state index in [2.05, 4.69) is 5.32 Å². The van der Waals surface area contributed by atoms with Crippen LogP contribution in [0.25, 0.3) is 0 Å². The third-order valence-corrected chi connectivity index (χ3v) is 3.90. The Kier molecular flexibility index (Phi) is 2.24. The molecule has 1 heterocycles. The first-order valence-corrected chi connectivity index (χ1v) is 6.07. The molecule has 1 saturated carbocycles. The molecule has 17 heavy (non-hydrogen) atoms. The van der Waals surface area contributed by atoms with E-state index in [0.717, 1.165) is 31.5 Å². The van der Waals surface area contributed by atoms with Crippen molar-refractivity contribution < 1.29 is 9.90 Å². The molecule has 2 aliphatic rings. The number of phenolic OH excluding ortho intramolecular Hbond substituents is 1. The number of anilines is 1. The van der Waals surface area contributed by atoms with Gasteiger partial charge in [-0.2, -0.15) is 0 Å². The number of hydrogen-bond acceptors (Lipinski definition) is 2. The van der Waals surface area contributed by atoms with E-state index in [-0.39, 0.29) is 17.3 Å². The molecule has 90 valence electrons. The number of hydrogen-bond donors (Lipinski definition) is 2. The van der Waals surface area contributed by atoms with Gasteiger partial charge in [0.2, 0.25) is 0 Å². The van der Waals surface area contributed by atoms with Gasteiger partial charge in [-0.25, -0.2) is 4.79 Å². The molecule has 2 amide bonds. The van der Waals surface area contributed by atoms with Gasteiger partial charge in [-0.15, -0.1) is 0 Å². The molecule has 1 aromatic rings. The van der Waals surface area contributed by atoms with Gasteiger partial charge in [0.25, 0.3) is 0 Å². The maximum Gasteiger partial charge on any atom is 0.322 e. The Morgan fingerprint density at radius 2 is 1.88 bits per heavy atom. The SMILES string of the molecule is O=C1NC2(CCC2)CCN1c1ccc(O)cc1. The van der Waals surface area contributed by atoms with Gasteiger partial charge >= 0.3 is 6.03 Å². The van der Waals surface area contributed by atoms with E-state index in [1.54, 1.807) is 29.2 Å². The van der Waals surface area contributed by atoms with Crippen molar-refractivity contribution in [1.29, 1.82) is 0 Å². The zero-order valence-corrected chi connectivity index (χ0v) is 9.65. The molecule has 0 radical (unpaired) electrons. The molecule has 0 unspecified atom stereocenters. The molecule has 1 saturated heterocycles. The monoisotopic (exact) mass is 232 g/mol. The van der Waals surface area contributed by atoms with Gasteiger partial charge in [0, 0.05) is 17.8 Å². The smallest absolute Gasteiger partial charge is 0.322 e. The lowest BCUT2D eigenvalue weighted by molar-refractivity contribution is 0.157. The van der Waals surface area contributed by atoms with E-state index in [4.69, 9.17) is 0 Å². The number of amides is 2. The van der Waals surface area contributed by atoms with Gasteiger partial charge < -0.3 is 10.4 Å². The van der Waals surface area contributed by atoms with Crippen LogP contribution in [-0.2, 0) is 0 Å². The van der Waals surface area contributed by atoms with Gasteiger partial charge in [-0.05, 0) is 49.9 Å². The van der Waals surface area contributed by atoms with E-state index < -0.39 is 0 Å². The minimum Gasteiger partial charge on any atom is -0.508 e. The van der Waals surface area contributed by atoms with Crippen molar-refractivity contribution in [3.8, 4) is 5.75 Å². The molecule has 2 fully saturated rings. The number of nitrogens with zero attached hydrogens (tertiary/aromatic N) is 1. The number of carbonyl (C=O) groups excluding carboxylic acids is 1. The Hall–Kier alpha value is -1.71. The van der Waals surface area contributed by atoms with Crippen LogP contribution in [0.4, 0.5) is 10.5 Å². The summed E-state index contributed by atoms with van der Waals surface area (Å²) in [7, 11) is 0. The quantitative estimate of drug-likeness (QED) is 0.780. The Balaban J connectivity index is 1.77. The summed E-state index contributed by atoms with van der Waals surface area (Å²) in [6.07, 6.45) is 4.46. The Morgan fingerprint density at radius 1 is 1.18 bits per heavy atom. The number of aromatic hydroxyl groups is 1. The van der Waals surface area contributed by atoms with Crippen molar-refractivity contribution in [3.05, 3.63) is 24.3 Å². The molecule has 4 nitrogen and oxygen atoms in total. The number of urea groups is 1. The second-order valence-corrected chi connectivity index (χ2v) is 4.98. The van der Waals surface area contributed by atoms with E-state index in [0.29, 0.717) is 0 Å². The molecule has 4 heteroatoms. The summed E-state index contributed by atoms with van der Waals surface area (Å²) in [6.45, 7) is 0.761. The van der Waals surface area contributed by atoms with Crippen molar-refractivity contribution in [1.82, 2.24) is 5.32 Å². The average Bonchev–Trinajstić information content (AvgIpc) is 2.28. The molecule has 1 aliphatic heterocycles. The maximum absolute atomic E-state index is 12.0. The molecule has 1 aliphatic carbocycles. The number of rotatable bonds is 1. The van der Waals surface area contributed by atoms with Crippen molar-refractivity contribution in [2.45, 2.75) is 31.2 Å². The minimum atomic E-state index is -0.0124. The molecule has 1 aromatic carbocycles. The summed E-state index contributed by atoms with van der Waals surface area (Å²) in [5, 5.41) is 12.3. The Bertz CT molecular complexity index is 437. The normalized spacial score (nSPS) is 22.1. The summed E-state index contributed by atoms with van der Waals surface area (Å²) in [5.74, 6) is 0.224. The summed E-state index contributed by atoms with van der Waals surface area (Å²) in [4.78, 5) is 13.8. The van der Waals surface area contributed by atoms with Crippen molar-refractivity contribution in [2.24, 2.45) is 0 Å². The maximum atomic E-state index is 12.0. The first-order chi connectivity index (χ1) is 8.19. The van der Waals surface area contributed by atoms with E-state index in [1.165, 1.54) is 6.42 Å². The highest BCUT2D eigenvalue weighted by molar-refractivity contribution is 5.93. The average molecular weight is 232 g/mol. The fourth-order valence-corrected chi connectivity index (χ4v) is 2.64. The predicted octanol–water partition coefficient (Wildman–Crippen LogP) is 2.23. The van der Waals surface area contributed by atoms with Crippen LogP contribution in [-0.4, -0.2) is 23.2 Å². The highest BCUT2D eigenvalue weighted by atomic mass is 16.3. The van der Waals surface area contributed by atoms with Gasteiger partial charge in [0.15, 0.2) is 0 Å². The number of phenols is 1. The highest BCUT2D eigenvalue weighted by Crippen LogP contribution is 2.38. The van der Waals surface area contributed by atoms with Crippen LogP contribution in [0.1, 0.15) is 25.7 Å². The fourth-order valence-electron chi connectivity index (χ4n) is 2.64. The van der Waals surface area contributed by atoms with Gasteiger partial charge in [-0.1, -0.05) is 0 Å². The molecule has 0 bridgehead atoms. The van der Waals surface area contributed by atoms with Crippen molar-refractivity contribution >= 4 is 11.7 Å². The lowest BCUT2D eigenvalue weighted by Gasteiger charge is -2.48. The first-order valence-electron chi connectivity index (χ1n) is 6.07. The van der Waals surface area contributed by atoms with Crippen molar-refractivity contribution in [3.63, 3.8) is 0 Å². The molecule has 0 aromatic heterocycles. The minimum absolute atomic E-state index is 0.0124. The lowest BCUT2D eigenvalue weighted by Crippen LogP contribution is -2.63. The zero-order chi connectivity index (χ0) is 11.9. The van der Waals surface area contributed by atoms with Gasteiger partial charge in [0.1, 0.15) is 5.75 Å². The second kappa shape index (κ2) is 3.65. The summed E-state index contributed by atoms with van der Waals surface area (Å²) in [6, 6.07) is 6.75. The molecule has 2 N–H and O–H groups in total. The standard InChI is InChI=1S/C13H16N2O2/c16-11-4-2-10(3-5-11)15-9-8-13(6-1-7-13)14-12(15)17/h2-5,16H,1,6-9H2,(H,14,17). The number of benzene rings is 1. The number of nitrogens with one attached hydrogen (secondary N) is 1. The van der Waals surface area contributed by atoms with Gasteiger partial charge in [-0.3, -0.25) is 4.90 Å². The molecule has 3 rings (SSSR count). The molecule has 0 atom stereocenters. The predicted molar refractivity (Wildman–Crippen MR) is 65.2 cm³/mol. The van der Waals surface area contributed by atoms with Crippen LogP contribution >= 0.6 is 0 Å². The van der Waals surface area contributed by atoms with E-state index >= 15 is 0 Å². The highest BCUT2D eigenvalue weighted by Gasteiger charge is 2.42. The van der Waals surface area contributed by atoms with Crippen LogP contribution in [0.3, 0.4) is 0 Å². The van der Waals surface area contributed by atoms with Crippen molar-refractivity contribution in [2.75, 3.05) is 11.4 Å². The van der Waals surface area contributed by atoms with E-state index in [1.807, 2.05) is 0 Å². The van der Waals surface area contributed by atoms with Crippen LogP contribution in [0, 0.1) is 0 Å². The van der Waals surface area contributed by atoms with Crippen LogP contribution < -0.4 is 10.2 Å². The second-order valence-electron chi connectivity index (χ2n) is 4.98. The van der Waals surface area contributed by atoms with Gasteiger partial charge in [0.05, 0.1) is 0 Å². The van der Waals surface area contributed by atoms with Crippen LogP contribution in [0.5, 0.6) is 5.75 Å². The van der Waals surface area contributed by atoms with E-state index in [9.17, 15) is 9.90 Å². The summed E-state index contributed by atoms with van der Waals surface area (Å²) < 4.78 is 0. The third kappa shape index (κ3) is 1.73. The number of carbonyl (C=O) groups is 1. The first kappa shape index (κ1) is 10.4. The Labute approximate surface area is 100 Å². The molecular weight excluding hydrogens is 216 g/mol. The molecule has 1 spiro atoms. The Morgan fingerprint density at radius 3 is 2.41 bits per heavy atom. The summed E-state index contributed by atoms with van der Waals surface area (Å²) >= 11 is 0. The topological polar surface area (TPSA) is 52.6 Å². The lowest BCUT2D eigenvalue weighted by atomic mass is 9.73. The largest absolute Gasteiger partial charge is 0.508 e. The fraction of sp³-hybridized carbons (Fsp3) is 0.462. The molecular formula is C13H16N2O2. The summed E-state index contributed by atoms with van der Waals surface area (Å²) in [5.41, 5.74) is 0.930. The van der Waals surface area contributed by atoms with Crippen LogP contribution in [0.2, 0.25) is 0 Å². The zero-order valence-electron chi connectivity index (χ0n) is 9.65.